The number of phenolic OH excluding ortho intramolecular Hbond substituents is 1. The quantitative estimate of drug-likeness (QED) is 0.737. The number of hydrogen-bond acceptors (Lipinski definition) is 5. The molecular formula is C22H27NO5. The fraction of sp³-hybridized carbons (Fsp3) is 0.364. The normalized spacial score (nSPS) is 12.1. The van der Waals surface area contributed by atoms with E-state index in [-0.39, 0.29) is 18.8 Å². The Balaban J connectivity index is 2.12. The number of carbonyl (C=O) groups excluding carboxylic acids is 2. The van der Waals surface area contributed by atoms with Gasteiger partial charge in [0.2, 0.25) is 0 Å². The summed E-state index contributed by atoms with van der Waals surface area (Å²) in [7, 11) is 0. The first-order chi connectivity index (χ1) is 13.1. The van der Waals surface area contributed by atoms with Crippen LogP contribution in [0, 0.1) is 6.92 Å². The van der Waals surface area contributed by atoms with E-state index in [2.05, 4.69) is 5.32 Å². The molecular weight excluding hydrogens is 358 g/mol. The molecule has 6 nitrogen and oxygen atoms in total. The van der Waals surface area contributed by atoms with Gasteiger partial charge in [-0.05, 0) is 56.5 Å². The van der Waals surface area contributed by atoms with Gasteiger partial charge in [0, 0.05) is 6.42 Å². The zero-order chi connectivity index (χ0) is 20.7. The molecule has 0 radical (unpaired) electrons. The Morgan fingerprint density at radius 2 is 1.79 bits per heavy atom. The molecule has 0 saturated carbocycles. The summed E-state index contributed by atoms with van der Waals surface area (Å²) in [5.41, 5.74) is 1.80. The van der Waals surface area contributed by atoms with Crippen molar-refractivity contribution in [2.75, 3.05) is 0 Å². The summed E-state index contributed by atoms with van der Waals surface area (Å²) in [4.78, 5) is 24.9. The van der Waals surface area contributed by atoms with Gasteiger partial charge in [0.05, 0.1) is 0 Å². The molecule has 28 heavy (non-hydrogen) atoms. The Morgan fingerprint density at radius 1 is 1.11 bits per heavy atom. The lowest BCUT2D eigenvalue weighted by Crippen LogP contribution is -2.45. The van der Waals surface area contributed by atoms with Gasteiger partial charge >= 0.3 is 12.1 Å². The highest BCUT2D eigenvalue weighted by Gasteiger charge is 2.26. The molecule has 0 aliphatic carbocycles. The second-order valence-electron chi connectivity index (χ2n) is 7.61. The van der Waals surface area contributed by atoms with Crippen LogP contribution in [0.25, 0.3) is 0 Å². The minimum Gasteiger partial charge on any atom is -0.508 e. The van der Waals surface area contributed by atoms with E-state index in [1.165, 1.54) is 0 Å². The predicted octanol–water partition coefficient (Wildman–Crippen LogP) is 3.88. The molecule has 0 saturated heterocycles. The third-order valence-corrected chi connectivity index (χ3v) is 3.95. The molecule has 2 rings (SSSR count). The number of amides is 1. The molecule has 0 aliphatic heterocycles. The van der Waals surface area contributed by atoms with Crippen LogP contribution in [0.1, 0.15) is 37.5 Å². The van der Waals surface area contributed by atoms with Gasteiger partial charge in [0.15, 0.2) is 0 Å². The Kier molecular flexibility index (Phi) is 7.04. The van der Waals surface area contributed by atoms with Crippen LogP contribution in [0.2, 0.25) is 0 Å². The number of phenols is 1. The molecule has 2 N–H and O–H groups in total. The van der Waals surface area contributed by atoms with Crippen LogP contribution in [0.3, 0.4) is 0 Å². The molecule has 150 valence electrons. The molecule has 0 unspecified atom stereocenters. The fourth-order valence-corrected chi connectivity index (χ4v) is 2.60. The minimum atomic E-state index is -0.915. The molecule has 0 fully saturated rings. The molecule has 0 spiro atoms. The number of alkyl carbamates (subject to hydrolysis) is 1. The number of esters is 1. The zero-order valence-corrected chi connectivity index (χ0v) is 16.7. The zero-order valence-electron chi connectivity index (χ0n) is 16.7. The topological polar surface area (TPSA) is 84.9 Å². The van der Waals surface area contributed by atoms with Gasteiger partial charge in [-0.2, -0.15) is 0 Å². The molecule has 2 aromatic rings. The van der Waals surface area contributed by atoms with E-state index in [0.29, 0.717) is 0 Å². The van der Waals surface area contributed by atoms with E-state index in [9.17, 15) is 14.7 Å². The van der Waals surface area contributed by atoms with Crippen LogP contribution in [-0.4, -0.2) is 28.8 Å². The molecule has 0 bridgehead atoms. The van der Waals surface area contributed by atoms with Crippen LogP contribution in [-0.2, 0) is 27.3 Å². The van der Waals surface area contributed by atoms with Crippen molar-refractivity contribution in [2.24, 2.45) is 0 Å². The van der Waals surface area contributed by atoms with E-state index < -0.39 is 23.7 Å². The van der Waals surface area contributed by atoms with Crippen LogP contribution in [0.4, 0.5) is 4.79 Å². The summed E-state index contributed by atoms with van der Waals surface area (Å²) in [6.07, 6.45) is -0.468. The standard InChI is InChI=1S/C22H27NO5/c1-15-12-18(24)11-10-17(15)13-19(23-21(26)28-22(2,3)4)20(25)27-14-16-8-6-5-7-9-16/h5-12,19,24H,13-14H2,1-4H3,(H,23,26)/t19-/m0/s1. The number of rotatable bonds is 6. The van der Waals surface area contributed by atoms with Crippen molar-refractivity contribution in [3.8, 4) is 5.75 Å². The average molecular weight is 385 g/mol. The van der Waals surface area contributed by atoms with E-state index in [1.54, 1.807) is 39.0 Å². The van der Waals surface area contributed by atoms with Gasteiger partial charge in [-0.1, -0.05) is 36.4 Å². The summed E-state index contributed by atoms with van der Waals surface area (Å²) >= 11 is 0. The monoisotopic (exact) mass is 385 g/mol. The third-order valence-electron chi connectivity index (χ3n) is 3.95. The van der Waals surface area contributed by atoms with Crippen molar-refractivity contribution in [3.05, 3.63) is 65.2 Å². The number of hydrogen-bond donors (Lipinski definition) is 2. The van der Waals surface area contributed by atoms with Crippen molar-refractivity contribution < 1.29 is 24.2 Å². The van der Waals surface area contributed by atoms with E-state index in [0.717, 1.165) is 16.7 Å². The average Bonchev–Trinajstić information content (AvgIpc) is 2.60. The summed E-state index contributed by atoms with van der Waals surface area (Å²) in [6, 6.07) is 13.3. The number of aryl methyl sites for hydroxylation is 1. The van der Waals surface area contributed by atoms with E-state index in [1.807, 2.05) is 37.3 Å². The number of ether oxygens (including phenoxy) is 2. The summed E-state index contributed by atoms with van der Waals surface area (Å²) in [5, 5.41) is 12.2. The highest BCUT2D eigenvalue weighted by Crippen LogP contribution is 2.18. The Bertz CT molecular complexity index is 811. The van der Waals surface area contributed by atoms with Crippen molar-refractivity contribution in [3.63, 3.8) is 0 Å². The maximum absolute atomic E-state index is 12.7. The fourth-order valence-electron chi connectivity index (χ4n) is 2.60. The van der Waals surface area contributed by atoms with Gasteiger partial charge in [0.1, 0.15) is 24.0 Å². The lowest BCUT2D eigenvalue weighted by atomic mass is 10.0. The van der Waals surface area contributed by atoms with Gasteiger partial charge in [-0.3, -0.25) is 0 Å². The third kappa shape index (κ3) is 6.95. The smallest absolute Gasteiger partial charge is 0.408 e. The summed E-state index contributed by atoms with van der Waals surface area (Å²) in [5.74, 6) is -0.410. The van der Waals surface area contributed by atoms with Crippen molar-refractivity contribution in [1.82, 2.24) is 5.32 Å². The largest absolute Gasteiger partial charge is 0.508 e. The second kappa shape index (κ2) is 9.26. The maximum Gasteiger partial charge on any atom is 0.408 e. The van der Waals surface area contributed by atoms with Gasteiger partial charge in [-0.25, -0.2) is 9.59 Å². The van der Waals surface area contributed by atoms with Crippen LogP contribution in [0.15, 0.2) is 48.5 Å². The van der Waals surface area contributed by atoms with Crippen molar-refractivity contribution in [1.29, 1.82) is 0 Å². The first-order valence-corrected chi connectivity index (χ1v) is 9.12. The van der Waals surface area contributed by atoms with Gasteiger partial charge < -0.3 is 19.9 Å². The van der Waals surface area contributed by atoms with Crippen LogP contribution >= 0.6 is 0 Å². The minimum absolute atomic E-state index is 0.112. The number of carbonyl (C=O) groups is 2. The van der Waals surface area contributed by atoms with Crippen LogP contribution < -0.4 is 5.32 Å². The summed E-state index contributed by atoms with van der Waals surface area (Å²) in [6.45, 7) is 7.19. The maximum atomic E-state index is 12.7. The SMILES string of the molecule is Cc1cc(O)ccc1C[C@H](NC(=O)OC(C)(C)C)C(=O)OCc1ccccc1. The Hall–Kier alpha value is -3.02. The molecule has 1 amide bonds. The molecule has 6 heteroatoms. The molecule has 2 aromatic carbocycles. The van der Waals surface area contributed by atoms with E-state index in [4.69, 9.17) is 9.47 Å². The van der Waals surface area contributed by atoms with Crippen molar-refractivity contribution in [2.45, 2.75) is 52.4 Å². The molecule has 0 heterocycles. The second-order valence-corrected chi connectivity index (χ2v) is 7.61. The Labute approximate surface area is 165 Å². The lowest BCUT2D eigenvalue weighted by molar-refractivity contribution is -0.147. The Morgan fingerprint density at radius 3 is 2.39 bits per heavy atom. The molecule has 1 atom stereocenters. The van der Waals surface area contributed by atoms with Gasteiger partial charge in [0.25, 0.3) is 0 Å². The van der Waals surface area contributed by atoms with Gasteiger partial charge in [-0.15, -0.1) is 0 Å². The molecule has 0 aromatic heterocycles. The summed E-state index contributed by atoms with van der Waals surface area (Å²) < 4.78 is 10.7. The van der Waals surface area contributed by atoms with E-state index >= 15 is 0 Å². The predicted molar refractivity (Wildman–Crippen MR) is 106 cm³/mol. The molecule has 0 aliphatic rings. The first kappa shape index (κ1) is 21.3. The highest BCUT2D eigenvalue weighted by molar-refractivity contribution is 5.81. The number of benzene rings is 2. The van der Waals surface area contributed by atoms with Crippen molar-refractivity contribution >= 4 is 12.1 Å². The first-order valence-electron chi connectivity index (χ1n) is 9.12. The van der Waals surface area contributed by atoms with Crippen LogP contribution in [0.5, 0.6) is 5.75 Å². The number of aromatic hydroxyl groups is 1. The highest BCUT2D eigenvalue weighted by atomic mass is 16.6. The number of nitrogens with one attached hydrogen (secondary N) is 1. The lowest BCUT2D eigenvalue weighted by Gasteiger charge is -2.23.